The Balaban J connectivity index is 0.000000498. The molecule has 1 aromatic heterocycles. The maximum absolute atomic E-state index is 9.55. The number of hydrogen-bond donors (Lipinski definition) is 7. The quantitative estimate of drug-likeness (QED) is 0.0593. The van der Waals surface area contributed by atoms with Crippen molar-refractivity contribution in [3.8, 4) is 0 Å². The van der Waals surface area contributed by atoms with E-state index in [1.54, 1.807) is 6.33 Å². The molecule has 0 saturated carbocycles. The number of aromatic amines is 1. The Morgan fingerprint density at radius 1 is 0.841 bits per heavy atom. The number of aliphatic carboxylic acids is 4. The van der Waals surface area contributed by atoms with Crippen LogP contribution in [0.4, 0.5) is 0 Å². The Hall–Kier alpha value is -5.37. The smallest absolute Gasteiger partial charge is 0.328 e. The van der Waals surface area contributed by atoms with Crippen molar-refractivity contribution >= 4 is 41.6 Å². The summed E-state index contributed by atoms with van der Waals surface area (Å²) < 4.78 is 0. The first-order chi connectivity index (χ1) is 21.1. The molecule has 8 N–H and O–H groups in total. The Bertz CT molecular complexity index is 1260. The molecule has 14 heteroatoms. The summed E-state index contributed by atoms with van der Waals surface area (Å²) in [5.74, 6) is -3.57. The zero-order valence-corrected chi connectivity index (χ0v) is 24.5. The summed E-state index contributed by atoms with van der Waals surface area (Å²) in [6.07, 6.45) is 7.66. The molecule has 2 aromatic carbocycles. The van der Waals surface area contributed by atoms with Gasteiger partial charge in [-0.25, -0.2) is 24.2 Å². The molecule has 13 nitrogen and oxygen atoms in total. The van der Waals surface area contributed by atoms with E-state index in [2.05, 4.69) is 80.9 Å². The molecule has 1 heterocycles. The molecule has 0 aliphatic heterocycles. The zero-order chi connectivity index (χ0) is 32.6. The number of aromatic nitrogens is 2. The van der Waals surface area contributed by atoms with Crippen LogP contribution < -0.4 is 11.1 Å². The molecule has 0 fully saturated rings. The van der Waals surface area contributed by atoms with Crippen molar-refractivity contribution < 1.29 is 39.6 Å². The molecule has 0 aliphatic rings. The van der Waals surface area contributed by atoms with Gasteiger partial charge in [-0.15, -0.1) is 11.8 Å². The highest BCUT2D eigenvalue weighted by Gasteiger charge is 2.13. The number of guanidine groups is 1. The molecule has 3 rings (SSSR count). The maximum atomic E-state index is 9.55. The monoisotopic (exact) mass is 625 g/mol. The first-order valence-corrected chi connectivity index (χ1v) is 14.1. The molecule has 0 bridgehead atoms. The van der Waals surface area contributed by atoms with Crippen molar-refractivity contribution in [3.63, 3.8) is 0 Å². The van der Waals surface area contributed by atoms with Gasteiger partial charge in [-0.2, -0.15) is 0 Å². The van der Waals surface area contributed by atoms with Crippen LogP contribution in [0, 0.1) is 0 Å². The minimum absolute atomic E-state index is 0.316. The van der Waals surface area contributed by atoms with Gasteiger partial charge in [-0.3, -0.25) is 4.99 Å². The third-order valence-corrected chi connectivity index (χ3v) is 6.39. The number of carboxylic acid groups (broad SMARTS) is 4. The molecular weight excluding hydrogens is 590 g/mol. The van der Waals surface area contributed by atoms with Crippen LogP contribution in [-0.4, -0.2) is 79.1 Å². The van der Waals surface area contributed by atoms with E-state index in [1.807, 2.05) is 18.0 Å². The first-order valence-electron chi connectivity index (χ1n) is 13.1. The fourth-order valence-corrected chi connectivity index (χ4v) is 4.38. The number of nitrogens with two attached hydrogens (primary N) is 1. The van der Waals surface area contributed by atoms with Gasteiger partial charge in [0.1, 0.15) is 0 Å². The van der Waals surface area contributed by atoms with Gasteiger partial charge < -0.3 is 36.5 Å². The molecule has 3 aromatic rings. The minimum atomic E-state index is -1.26. The largest absolute Gasteiger partial charge is 0.478 e. The third kappa shape index (κ3) is 18.9. The van der Waals surface area contributed by atoms with E-state index < -0.39 is 23.9 Å². The van der Waals surface area contributed by atoms with E-state index >= 15 is 0 Å². The van der Waals surface area contributed by atoms with E-state index in [-0.39, 0.29) is 0 Å². The molecule has 0 spiro atoms. The molecule has 0 amide bonds. The van der Waals surface area contributed by atoms with Gasteiger partial charge in [0, 0.05) is 55.0 Å². The van der Waals surface area contributed by atoms with Crippen molar-refractivity contribution in [1.82, 2.24) is 15.3 Å². The number of aliphatic imine (C=N–C) groups is 1. The van der Waals surface area contributed by atoms with Crippen LogP contribution >= 0.6 is 11.8 Å². The SMILES string of the molecule is NC(=NCCCc1cnc[nH]1)NCCSC(c1ccccc1)c1ccccc1.O=C(O)/C=C\C(=O)O.O=C(O)/C=C\C(=O)O. The topological polar surface area (TPSA) is 228 Å². The van der Waals surface area contributed by atoms with Gasteiger partial charge in [0.15, 0.2) is 5.96 Å². The molecule has 234 valence electrons. The highest BCUT2D eigenvalue weighted by molar-refractivity contribution is 7.99. The van der Waals surface area contributed by atoms with Crippen LogP contribution in [0.3, 0.4) is 0 Å². The molecular formula is C30H35N5O8S. The number of carbonyl (C=O) groups is 4. The Morgan fingerprint density at radius 3 is 1.73 bits per heavy atom. The first kappa shape index (κ1) is 36.7. The number of thioether (sulfide) groups is 1. The lowest BCUT2D eigenvalue weighted by Crippen LogP contribution is -2.33. The van der Waals surface area contributed by atoms with Gasteiger partial charge in [0.05, 0.1) is 11.6 Å². The lowest BCUT2D eigenvalue weighted by molar-refractivity contribution is -0.134. The second kappa shape index (κ2) is 22.3. The van der Waals surface area contributed by atoms with E-state index in [0.29, 0.717) is 42.1 Å². The van der Waals surface area contributed by atoms with E-state index in [1.165, 1.54) is 11.1 Å². The summed E-state index contributed by atoms with van der Waals surface area (Å²) in [6.45, 7) is 1.50. The number of benzene rings is 2. The van der Waals surface area contributed by atoms with Gasteiger partial charge in [-0.1, -0.05) is 60.7 Å². The predicted octanol–water partition coefficient (Wildman–Crippen LogP) is 3.19. The number of imidazole rings is 1. The highest BCUT2D eigenvalue weighted by atomic mass is 32.2. The van der Waals surface area contributed by atoms with E-state index in [0.717, 1.165) is 30.8 Å². The maximum Gasteiger partial charge on any atom is 0.328 e. The third-order valence-electron chi connectivity index (χ3n) is 5.08. The molecule has 0 unspecified atom stereocenters. The fourth-order valence-electron chi connectivity index (χ4n) is 3.23. The van der Waals surface area contributed by atoms with Gasteiger partial charge in [0.2, 0.25) is 0 Å². The van der Waals surface area contributed by atoms with Gasteiger partial charge in [0.25, 0.3) is 0 Å². The van der Waals surface area contributed by atoms with Crippen molar-refractivity contribution in [3.05, 3.63) is 114 Å². The number of H-pyrrole nitrogens is 1. The second-order valence-electron chi connectivity index (χ2n) is 8.47. The number of nitrogens with one attached hydrogen (secondary N) is 2. The highest BCUT2D eigenvalue weighted by Crippen LogP contribution is 2.35. The van der Waals surface area contributed by atoms with Crippen LogP contribution in [-0.2, 0) is 25.6 Å². The van der Waals surface area contributed by atoms with Crippen molar-refractivity contribution in [1.29, 1.82) is 0 Å². The second-order valence-corrected chi connectivity index (χ2v) is 9.68. The lowest BCUT2D eigenvalue weighted by atomic mass is 10.0. The van der Waals surface area contributed by atoms with Crippen LogP contribution in [0.1, 0.15) is 28.5 Å². The summed E-state index contributed by atoms with van der Waals surface area (Å²) in [5.41, 5.74) is 9.75. The number of nitrogens with zero attached hydrogens (tertiary/aromatic N) is 2. The summed E-state index contributed by atoms with van der Waals surface area (Å²) in [5, 5.41) is 34.8. The standard InChI is InChI=1S/C22H27N5S.2C4H4O4/c23-22(25-13-7-12-20-16-24-17-27-20)26-14-15-28-21(18-8-3-1-4-9-18)19-10-5-2-6-11-19;2*5-3(6)1-2-4(7)8/h1-6,8-11,16-17,21H,7,12-15H2,(H,24,27)(H3,23,25,26);2*1-2H,(H,5,6)(H,7,8)/b;2*2-1-. The lowest BCUT2D eigenvalue weighted by Gasteiger charge is -2.18. The molecule has 44 heavy (non-hydrogen) atoms. The Kier molecular flexibility index (Phi) is 18.5. The van der Waals surface area contributed by atoms with Crippen LogP contribution in [0.15, 0.2) is 102 Å². The fraction of sp³-hybridized carbons (Fsp3) is 0.200. The molecule has 0 saturated heterocycles. The Labute approximate surface area is 258 Å². The van der Waals surface area contributed by atoms with Crippen molar-refractivity contribution in [2.24, 2.45) is 10.7 Å². The summed E-state index contributed by atoms with van der Waals surface area (Å²) in [4.78, 5) is 49.7. The summed E-state index contributed by atoms with van der Waals surface area (Å²) in [7, 11) is 0. The predicted molar refractivity (Wildman–Crippen MR) is 167 cm³/mol. The van der Waals surface area contributed by atoms with Crippen molar-refractivity contribution in [2.75, 3.05) is 18.8 Å². The minimum Gasteiger partial charge on any atom is -0.478 e. The number of rotatable bonds is 14. The van der Waals surface area contributed by atoms with Gasteiger partial charge in [-0.05, 0) is 24.0 Å². The number of aryl methyl sites for hydroxylation is 1. The molecule has 0 atom stereocenters. The van der Waals surface area contributed by atoms with Gasteiger partial charge >= 0.3 is 23.9 Å². The number of carboxylic acids is 4. The average Bonchev–Trinajstić information content (AvgIpc) is 3.52. The average molecular weight is 626 g/mol. The summed E-state index contributed by atoms with van der Waals surface area (Å²) >= 11 is 1.91. The van der Waals surface area contributed by atoms with E-state index in [4.69, 9.17) is 26.2 Å². The summed E-state index contributed by atoms with van der Waals surface area (Å²) in [6, 6.07) is 21.2. The normalized spacial score (nSPS) is 10.9. The van der Waals surface area contributed by atoms with Crippen LogP contribution in [0.5, 0.6) is 0 Å². The van der Waals surface area contributed by atoms with Crippen LogP contribution in [0.25, 0.3) is 0 Å². The van der Waals surface area contributed by atoms with Crippen LogP contribution in [0.2, 0.25) is 0 Å². The van der Waals surface area contributed by atoms with Crippen molar-refractivity contribution in [2.45, 2.75) is 18.1 Å². The molecule has 0 aliphatic carbocycles. The Morgan fingerprint density at radius 2 is 1.32 bits per heavy atom. The number of hydrogen-bond acceptors (Lipinski definition) is 7. The zero-order valence-electron chi connectivity index (χ0n) is 23.7. The molecule has 0 radical (unpaired) electrons. The van der Waals surface area contributed by atoms with E-state index in [9.17, 15) is 19.2 Å².